The summed E-state index contributed by atoms with van der Waals surface area (Å²) in [5.74, 6) is -0.140. The van der Waals surface area contributed by atoms with Crippen molar-refractivity contribution in [2.45, 2.75) is 38.6 Å². The molecule has 3 aromatic rings. The Morgan fingerprint density at radius 1 is 1.25 bits per heavy atom. The molecule has 0 spiro atoms. The molecule has 0 amide bonds. The van der Waals surface area contributed by atoms with Crippen LogP contribution in [0.1, 0.15) is 43.4 Å². The van der Waals surface area contributed by atoms with Crippen molar-refractivity contribution >= 4 is 11.2 Å². The number of fused-ring (bicyclic) bond motifs is 2. The fourth-order valence-corrected chi connectivity index (χ4v) is 3.67. The van der Waals surface area contributed by atoms with E-state index >= 15 is 0 Å². The molecule has 0 fully saturated rings. The van der Waals surface area contributed by atoms with E-state index in [0.29, 0.717) is 6.42 Å². The second-order valence-corrected chi connectivity index (χ2v) is 6.77. The van der Waals surface area contributed by atoms with Gasteiger partial charge in [0, 0.05) is 23.7 Å². The van der Waals surface area contributed by atoms with Crippen molar-refractivity contribution in [3.05, 3.63) is 71.3 Å². The fourth-order valence-electron chi connectivity index (χ4n) is 3.67. The Labute approximate surface area is 140 Å². The maximum Gasteiger partial charge on any atom is 0.127 e. The van der Waals surface area contributed by atoms with E-state index in [4.69, 9.17) is 4.99 Å². The second-order valence-electron chi connectivity index (χ2n) is 6.77. The molecule has 0 saturated heterocycles. The number of benzene rings is 1. The zero-order chi connectivity index (χ0) is 16.7. The van der Waals surface area contributed by atoms with Gasteiger partial charge in [-0.25, -0.2) is 8.91 Å². The van der Waals surface area contributed by atoms with Crippen LogP contribution in [0.2, 0.25) is 0 Å². The SMILES string of the molecule is CCCC1(C)Cc2c(F)cccc2C(c2cnn3cccc3c2)=N1. The summed E-state index contributed by atoms with van der Waals surface area (Å²) in [5.41, 5.74) is 4.19. The summed E-state index contributed by atoms with van der Waals surface area (Å²) in [6.07, 6.45) is 6.33. The maximum atomic E-state index is 14.5. The van der Waals surface area contributed by atoms with Crippen molar-refractivity contribution in [1.82, 2.24) is 9.61 Å². The predicted octanol–water partition coefficient (Wildman–Crippen LogP) is 4.43. The third-order valence-corrected chi connectivity index (χ3v) is 4.76. The normalized spacial score (nSPS) is 20.0. The van der Waals surface area contributed by atoms with E-state index in [1.54, 1.807) is 12.1 Å². The fraction of sp³-hybridized carbons (Fsp3) is 0.300. The highest BCUT2D eigenvalue weighted by molar-refractivity contribution is 6.14. The number of halogens is 1. The molecule has 0 aliphatic carbocycles. The molecule has 0 saturated carbocycles. The van der Waals surface area contributed by atoms with E-state index in [-0.39, 0.29) is 11.4 Å². The standard InChI is InChI=1S/C20H20FN3/c1-3-9-20(2)12-17-16(7-4-8-18(17)21)19(23-20)14-11-15-6-5-10-24(15)22-13-14/h4-8,10-11,13H,3,9,12H2,1-2H3. The van der Waals surface area contributed by atoms with Crippen LogP contribution in [-0.2, 0) is 6.42 Å². The molecule has 3 nitrogen and oxygen atoms in total. The molecule has 4 rings (SSSR count). The van der Waals surface area contributed by atoms with Crippen LogP contribution in [0.5, 0.6) is 0 Å². The van der Waals surface area contributed by atoms with Crippen molar-refractivity contribution in [2.24, 2.45) is 4.99 Å². The van der Waals surface area contributed by atoms with Gasteiger partial charge in [0.05, 0.1) is 23.0 Å². The summed E-state index contributed by atoms with van der Waals surface area (Å²) in [6.45, 7) is 4.26. The van der Waals surface area contributed by atoms with Crippen LogP contribution in [0.4, 0.5) is 4.39 Å². The first-order valence-corrected chi connectivity index (χ1v) is 8.41. The van der Waals surface area contributed by atoms with Crippen LogP contribution in [0, 0.1) is 5.82 Å². The highest BCUT2D eigenvalue weighted by Crippen LogP contribution is 2.34. The van der Waals surface area contributed by atoms with Crippen LogP contribution in [0.25, 0.3) is 5.52 Å². The Morgan fingerprint density at radius 3 is 2.96 bits per heavy atom. The third-order valence-electron chi connectivity index (χ3n) is 4.76. The highest BCUT2D eigenvalue weighted by Gasteiger charge is 2.32. The molecule has 3 heterocycles. The molecule has 1 aromatic carbocycles. The van der Waals surface area contributed by atoms with E-state index < -0.39 is 0 Å². The van der Waals surface area contributed by atoms with Crippen molar-refractivity contribution in [1.29, 1.82) is 0 Å². The molecule has 0 bridgehead atoms. The molecule has 122 valence electrons. The minimum atomic E-state index is -0.270. The van der Waals surface area contributed by atoms with Crippen LogP contribution in [0.3, 0.4) is 0 Å². The van der Waals surface area contributed by atoms with Gasteiger partial charge in [0.1, 0.15) is 5.82 Å². The van der Waals surface area contributed by atoms with Crippen LogP contribution in [0.15, 0.2) is 53.8 Å². The van der Waals surface area contributed by atoms with Crippen molar-refractivity contribution < 1.29 is 4.39 Å². The summed E-state index contributed by atoms with van der Waals surface area (Å²) < 4.78 is 16.3. The van der Waals surface area contributed by atoms with Crippen molar-refractivity contribution in [3.63, 3.8) is 0 Å². The molecule has 24 heavy (non-hydrogen) atoms. The minimum Gasteiger partial charge on any atom is -0.277 e. The zero-order valence-corrected chi connectivity index (χ0v) is 14.0. The summed E-state index contributed by atoms with van der Waals surface area (Å²) in [5, 5.41) is 4.45. The largest absolute Gasteiger partial charge is 0.277 e. The van der Waals surface area contributed by atoms with E-state index in [0.717, 1.165) is 40.8 Å². The molecular weight excluding hydrogens is 301 g/mol. The lowest BCUT2D eigenvalue weighted by Gasteiger charge is -2.32. The smallest absolute Gasteiger partial charge is 0.127 e. The minimum absolute atomic E-state index is 0.140. The quantitative estimate of drug-likeness (QED) is 0.702. The van der Waals surface area contributed by atoms with Gasteiger partial charge >= 0.3 is 0 Å². The van der Waals surface area contributed by atoms with Crippen molar-refractivity contribution in [3.8, 4) is 0 Å². The summed E-state index contributed by atoms with van der Waals surface area (Å²) in [6, 6.07) is 11.3. The predicted molar refractivity (Wildman–Crippen MR) is 94.2 cm³/mol. The average Bonchev–Trinajstić information content (AvgIpc) is 3.03. The Balaban J connectivity index is 1.92. The molecule has 1 atom stereocenters. The summed E-state index contributed by atoms with van der Waals surface area (Å²) in [7, 11) is 0. The lowest BCUT2D eigenvalue weighted by atomic mass is 9.81. The Bertz CT molecular complexity index is 941. The van der Waals surface area contributed by atoms with Crippen molar-refractivity contribution in [2.75, 3.05) is 0 Å². The molecular formula is C20H20FN3. The van der Waals surface area contributed by atoms with Gasteiger partial charge in [0.25, 0.3) is 0 Å². The molecule has 1 aliphatic rings. The number of hydrogen-bond acceptors (Lipinski definition) is 2. The lowest BCUT2D eigenvalue weighted by Crippen LogP contribution is -2.33. The van der Waals surface area contributed by atoms with Gasteiger partial charge in [-0.2, -0.15) is 5.10 Å². The maximum absolute atomic E-state index is 14.5. The van der Waals surface area contributed by atoms with Gasteiger partial charge in [0.2, 0.25) is 0 Å². The first kappa shape index (κ1) is 15.1. The highest BCUT2D eigenvalue weighted by atomic mass is 19.1. The molecule has 0 radical (unpaired) electrons. The molecule has 4 heteroatoms. The Kier molecular flexibility index (Phi) is 3.48. The van der Waals surface area contributed by atoms with E-state index in [1.165, 1.54) is 0 Å². The molecule has 1 aliphatic heterocycles. The molecule has 1 unspecified atom stereocenters. The number of aromatic nitrogens is 2. The van der Waals surface area contributed by atoms with Crippen LogP contribution < -0.4 is 0 Å². The van der Waals surface area contributed by atoms with Gasteiger partial charge in [-0.1, -0.05) is 25.5 Å². The number of hydrogen-bond donors (Lipinski definition) is 0. The van der Waals surface area contributed by atoms with Gasteiger partial charge in [-0.05, 0) is 43.2 Å². The molecule has 0 N–H and O–H groups in total. The number of aliphatic imine (C=N–C) groups is 1. The number of rotatable bonds is 3. The van der Waals surface area contributed by atoms with Gasteiger partial charge in [0.15, 0.2) is 0 Å². The second kappa shape index (κ2) is 5.55. The first-order valence-electron chi connectivity index (χ1n) is 8.41. The lowest BCUT2D eigenvalue weighted by molar-refractivity contribution is 0.414. The monoisotopic (exact) mass is 321 g/mol. The first-order chi connectivity index (χ1) is 11.6. The average molecular weight is 321 g/mol. The van der Waals surface area contributed by atoms with E-state index in [1.807, 2.05) is 35.1 Å². The third kappa shape index (κ3) is 2.42. The van der Waals surface area contributed by atoms with E-state index in [2.05, 4.69) is 25.0 Å². The number of nitrogens with zero attached hydrogens (tertiary/aromatic N) is 3. The summed E-state index contributed by atoms with van der Waals surface area (Å²) in [4.78, 5) is 5.05. The van der Waals surface area contributed by atoms with Crippen LogP contribution in [-0.4, -0.2) is 20.9 Å². The Morgan fingerprint density at radius 2 is 2.12 bits per heavy atom. The van der Waals surface area contributed by atoms with Crippen LogP contribution >= 0.6 is 0 Å². The molecule has 2 aromatic heterocycles. The van der Waals surface area contributed by atoms with Gasteiger partial charge in [-0.15, -0.1) is 0 Å². The Hall–Kier alpha value is -2.49. The van der Waals surface area contributed by atoms with Gasteiger partial charge in [-0.3, -0.25) is 4.99 Å². The topological polar surface area (TPSA) is 29.7 Å². The summed E-state index contributed by atoms with van der Waals surface area (Å²) >= 11 is 0. The van der Waals surface area contributed by atoms with E-state index in [9.17, 15) is 4.39 Å². The zero-order valence-electron chi connectivity index (χ0n) is 14.0. The van der Waals surface area contributed by atoms with Gasteiger partial charge < -0.3 is 0 Å².